The number of ether oxygens (including phenoxy) is 4. The van der Waals surface area contributed by atoms with Gasteiger partial charge in [0.1, 0.15) is 19.3 Å². The smallest absolute Gasteiger partial charge is 0.462 e. The molecule has 552 valence electrons. The molecule has 0 rings (SSSR count). The highest BCUT2D eigenvalue weighted by atomic mass is 31.2. The van der Waals surface area contributed by atoms with E-state index in [-0.39, 0.29) is 25.7 Å². The van der Waals surface area contributed by atoms with Crippen LogP contribution >= 0.6 is 15.6 Å². The van der Waals surface area contributed by atoms with Gasteiger partial charge in [0.2, 0.25) is 0 Å². The van der Waals surface area contributed by atoms with E-state index >= 15 is 0 Å². The Morgan fingerprint density at radius 2 is 0.495 bits per heavy atom. The molecule has 0 heterocycles. The van der Waals surface area contributed by atoms with Gasteiger partial charge in [-0.1, -0.05) is 336 Å². The molecule has 5 atom stereocenters. The molecule has 0 aromatic rings. The average molecular weight is 1370 g/mol. The molecule has 2 unspecified atom stereocenters. The van der Waals surface area contributed by atoms with E-state index in [1.807, 2.05) is 0 Å². The van der Waals surface area contributed by atoms with Gasteiger partial charge in [0.25, 0.3) is 0 Å². The standard InChI is InChI=1S/C74H144O17P2/c1-6-9-12-15-18-21-24-27-30-31-34-37-40-43-50-55-60-73(78)90-69(63-84-71(76)57-52-47-41-38-35-32-28-25-22-19-16-13-10-7-2)65-88-92(80,81)86-61-68(75)62-87-93(82,83)89-66-70(64-85-72(77)58-53-48-45-44-46-51-56-67(4)5)91-74(79)59-54-49-42-39-36-33-29-26-23-20-17-14-11-8-3/h67-70,75H,6-66H2,1-5H3,(H,80,81)(H,82,83)/t68-,69-,70-/m1/s1. The van der Waals surface area contributed by atoms with Crippen LogP contribution in [0.15, 0.2) is 0 Å². The number of unbranched alkanes of at least 4 members (excludes halogenated alkanes) is 46. The predicted molar refractivity (Wildman–Crippen MR) is 377 cm³/mol. The summed E-state index contributed by atoms with van der Waals surface area (Å²) < 4.78 is 68.4. The highest BCUT2D eigenvalue weighted by molar-refractivity contribution is 7.47. The van der Waals surface area contributed by atoms with E-state index in [2.05, 4.69) is 34.6 Å². The van der Waals surface area contributed by atoms with Gasteiger partial charge in [-0.05, 0) is 31.6 Å². The molecule has 0 fully saturated rings. The molecule has 19 heteroatoms. The summed E-state index contributed by atoms with van der Waals surface area (Å²) in [5.41, 5.74) is 0. The summed E-state index contributed by atoms with van der Waals surface area (Å²) in [5.74, 6) is -1.44. The van der Waals surface area contributed by atoms with Crippen LogP contribution in [0, 0.1) is 5.92 Å². The Morgan fingerprint density at radius 3 is 0.731 bits per heavy atom. The fourth-order valence-electron chi connectivity index (χ4n) is 11.4. The van der Waals surface area contributed by atoms with Gasteiger partial charge in [-0.15, -0.1) is 0 Å². The van der Waals surface area contributed by atoms with Crippen LogP contribution in [0.25, 0.3) is 0 Å². The largest absolute Gasteiger partial charge is 0.472 e. The van der Waals surface area contributed by atoms with Crippen LogP contribution in [0.3, 0.4) is 0 Å². The van der Waals surface area contributed by atoms with Crippen LogP contribution in [0.2, 0.25) is 0 Å². The Morgan fingerprint density at radius 1 is 0.290 bits per heavy atom. The van der Waals surface area contributed by atoms with E-state index in [4.69, 9.17) is 37.0 Å². The van der Waals surface area contributed by atoms with E-state index < -0.39 is 97.5 Å². The van der Waals surface area contributed by atoms with E-state index in [1.54, 1.807) is 0 Å². The van der Waals surface area contributed by atoms with Gasteiger partial charge in [-0.25, -0.2) is 9.13 Å². The van der Waals surface area contributed by atoms with Gasteiger partial charge in [0.15, 0.2) is 12.2 Å². The molecule has 0 aliphatic heterocycles. The van der Waals surface area contributed by atoms with Crippen molar-refractivity contribution in [2.45, 2.75) is 406 Å². The van der Waals surface area contributed by atoms with E-state index in [9.17, 15) is 43.2 Å². The van der Waals surface area contributed by atoms with Crippen molar-refractivity contribution in [3.63, 3.8) is 0 Å². The van der Waals surface area contributed by atoms with Crippen LogP contribution in [-0.2, 0) is 65.4 Å². The lowest BCUT2D eigenvalue weighted by atomic mass is 10.0. The fraction of sp³-hybridized carbons (Fsp3) is 0.946. The maximum Gasteiger partial charge on any atom is 0.472 e. The predicted octanol–water partition coefficient (Wildman–Crippen LogP) is 21.7. The number of phosphoric acid groups is 2. The second kappa shape index (κ2) is 67.3. The zero-order chi connectivity index (χ0) is 68.4. The first-order valence-corrected chi connectivity index (χ1v) is 41.6. The van der Waals surface area contributed by atoms with Crippen molar-refractivity contribution in [2.24, 2.45) is 5.92 Å². The first-order chi connectivity index (χ1) is 45.0. The Kier molecular flexibility index (Phi) is 65.9. The second-order valence-electron chi connectivity index (χ2n) is 27.2. The number of rotatable bonds is 74. The van der Waals surface area contributed by atoms with E-state index in [0.717, 1.165) is 96.3 Å². The molecule has 0 aromatic carbocycles. The summed E-state index contributed by atoms with van der Waals surface area (Å²) in [6.07, 6.45) is 55.5. The Balaban J connectivity index is 5.23. The maximum atomic E-state index is 13.1. The molecule has 0 spiro atoms. The molecule has 93 heavy (non-hydrogen) atoms. The van der Waals surface area contributed by atoms with Gasteiger partial charge in [0.05, 0.1) is 26.4 Å². The van der Waals surface area contributed by atoms with Crippen molar-refractivity contribution in [3.8, 4) is 0 Å². The number of carbonyl (C=O) groups excluding carboxylic acids is 4. The summed E-state index contributed by atoms with van der Waals surface area (Å²) in [7, 11) is -9.91. The fourth-order valence-corrected chi connectivity index (χ4v) is 12.9. The van der Waals surface area contributed by atoms with Crippen molar-refractivity contribution in [1.82, 2.24) is 0 Å². The third kappa shape index (κ3) is 68.4. The number of aliphatic hydroxyl groups is 1. The lowest BCUT2D eigenvalue weighted by Gasteiger charge is -2.21. The summed E-state index contributed by atoms with van der Waals surface area (Å²) in [5, 5.41) is 10.6. The normalized spacial score (nSPS) is 14.0. The number of esters is 4. The summed E-state index contributed by atoms with van der Waals surface area (Å²) >= 11 is 0. The topological polar surface area (TPSA) is 237 Å². The minimum Gasteiger partial charge on any atom is -0.462 e. The molecule has 0 saturated carbocycles. The molecule has 17 nitrogen and oxygen atoms in total. The van der Waals surface area contributed by atoms with Crippen LogP contribution < -0.4 is 0 Å². The van der Waals surface area contributed by atoms with Gasteiger partial charge in [-0.2, -0.15) is 0 Å². The molecule has 0 bridgehead atoms. The molecule has 0 aliphatic rings. The monoisotopic (exact) mass is 1370 g/mol. The maximum absolute atomic E-state index is 13.1. The zero-order valence-corrected chi connectivity index (χ0v) is 62.2. The minimum absolute atomic E-state index is 0.107. The molecule has 0 saturated heterocycles. The van der Waals surface area contributed by atoms with Crippen molar-refractivity contribution in [1.29, 1.82) is 0 Å². The van der Waals surface area contributed by atoms with Gasteiger partial charge < -0.3 is 33.8 Å². The minimum atomic E-state index is -4.95. The highest BCUT2D eigenvalue weighted by Gasteiger charge is 2.30. The van der Waals surface area contributed by atoms with Crippen LogP contribution in [0.5, 0.6) is 0 Å². The zero-order valence-electron chi connectivity index (χ0n) is 60.4. The van der Waals surface area contributed by atoms with Crippen molar-refractivity contribution >= 4 is 39.5 Å². The molecular formula is C74H144O17P2. The quantitative estimate of drug-likeness (QED) is 0.0222. The van der Waals surface area contributed by atoms with Gasteiger partial charge >= 0.3 is 39.5 Å². The highest BCUT2D eigenvalue weighted by Crippen LogP contribution is 2.45. The third-order valence-electron chi connectivity index (χ3n) is 17.3. The lowest BCUT2D eigenvalue weighted by molar-refractivity contribution is -0.161. The summed E-state index contributed by atoms with van der Waals surface area (Å²) in [4.78, 5) is 72.7. The van der Waals surface area contributed by atoms with Crippen molar-refractivity contribution in [3.05, 3.63) is 0 Å². The molecule has 3 N–H and O–H groups in total. The van der Waals surface area contributed by atoms with E-state index in [1.165, 1.54) is 205 Å². The molecule has 0 amide bonds. The van der Waals surface area contributed by atoms with Crippen molar-refractivity contribution in [2.75, 3.05) is 39.6 Å². The first kappa shape index (κ1) is 91.1. The third-order valence-corrected chi connectivity index (χ3v) is 19.2. The number of hydrogen-bond donors (Lipinski definition) is 3. The summed E-state index contributed by atoms with van der Waals surface area (Å²) in [6.45, 7) is 7.21. The lowest BCUT2D eigenvalue weighted by Crippen LogP contribution is -2.30. The van der Waals surface area contributed by atoms with Crippen LogP contribution in [0.1, 0.15) is 388 Å². The Hall–Kier alpha value is -1.94. The molecule has 0 radical (unpaired) electrons. The number of aliphatic hydroxyl groups excluding tert-OH is 1. The number of carbonyl (C=O) groups is 4. The van der Waals surface area contributed by atoms with Crippen LogP contribution in [-0.4, -0.2) is 96.7 Å². The Labute approximate surface area is 568 Å². The molecule has 0 aliphatic carbocycles. The Bertz CT molecular complexity index is 1790. The van der Waals surface area contributed by atoms with Crippen molar-refractivity contribution < 1.29 is 80.2 Å². The number of phosphoric ester groups is 2. The van der Waals surface area contributed by atoms with Gasteiger partial charge in [0, 0.05) is 25.7 Å². The average Bonchev–Trinajstić information content (AvgIpc) is 3.20. The molecular weight excluding hydrogens is 1220 g/mol. The second-order valence-corrected chi connectivity index (χ2v) is 30.1. The van der Waals surface area contributed by atoms with E-state index in [0.29, 0.717) is 31.6 Å². The summed E-state index contributed by atoms with van der Waals surface area (Å²) in [6, 6.07) is 0. The number of hydrogen-bond acceptors (Lipinski definition) is 15. The van der Waals surface area contributed by atoms with Gasteiger partial charge in [-0.3, -0.25) is 37.3 Å². The first-order valence-electron chi connectivity index (χ1n) is 38.6. The SMILES string of the molecule is CCCCCCCCCCCCCCCCCCC(=O)O[C@H](COC(=O)CCCCCCCCCCCCCCCC)COP(=O)(O)OC[C@@H](O)COP(=O)(O)OC[C@@H](COC(=O)CCCCCCCCC(C)C)OC(=O)CCCCCCCCCCCCCCCC. The molecule has 0 aromatic heterocycles. The van der Waals surface area contributed by atoms with Crippen LogP contribution in [0.4, 0.5) is 0 Å².